The molecule has 4 aliphatic carbocycles. The summed E-state index contributed by atoms with van der Waals surface area (Å²) in [5, 5.41) is 15.6. The highest BCUT2D eigenvalue weighted by molar-refractivity contribution is 6.30. The molecule has 2 aromatic rings. The molecule has 0 unspecified atom stereocenters. The van der Waals surface area contributed by atoms with Gasteiger partial charge in [-0.15, -0.1) is 13.2 Å². The average Bonchev–Trinajstić information content (AvgIpc) is 3.14. The van der Waals surface area contributed by atoms with Gasteiger partial charge in [0.25, 0.3) is 0 Å². The molecule has 1 aromatic heterocycles. The number of carbonyl (C=O) groups excluding carboxylic acids is 1. The summed E-state index contributed by atoms with van der Waals surface area (Å²) >= 11 is 6.00. The van der Waals surface area contributed by atoms with Gasteiger partial charge in [-0.3, -0.25) is 14.2 Å². The molecule has 1 aromatic carbocycles. The molecule has 2 heterocycles. The Bertz CT molecular complexity index is 1120. The van der Waals surface area contributed by atoms with E-state index >= 15 is 0 Å². The minimum Gasteiger partial charge on any atom is -0.482 e. The van der Waals surface area contributed by atoms with Crippen LogP contribution >= 0.6 is 11.6 Å². The van der Waals surface area contributed by atoms with Crippen molar-refractivity contribution in [3.63, 3.8) is 0 Å². The topological polar surface area (TPSA) is 73.6 Å². The molecule has 1 N–H and O–H groups in total. The minimum absolute atomic E-state index is 0.000668. The van der Waals surface area contributed by atoms with Crippen LogP contribution in [-0.2, 0) is 15.1 Å². The Morgan fingerprint density at radius 3 is 2.68 bits per heavy atom. The van der Waals surface area contributed by atoms with Crippen molar-refractivity contribution in [2.75, 3.05) is 0 Å². The number of benzene rings is 1. The first-order valence-corrected chi connectivity index (χ1v) is 11.9. The van der Waals surface area contributed by atoms with Crippen molar-refractivity contribution in [3.05, 3.63) is 46.7 Å². The van der Waals surface area contributed by atoms with Crippen LogP contribution in [-0.4, -0.2) is 39.2 Å². The molecule has 2 atom stereocenters. The molecule has 4 saturated carbocycles. The maximum Gasteiger partial charge on any atom is 0.522 e. The van der Waals surface area contributed by atoms with Gasteiger partial charge < -0.3 is 9.84 Å². The lowest BCUT2D eigenvalue weighted by Gasteiger charge is -2.70. The van der Waals surface area contributed by atoms with Crippen LogP contribution in [0.1, 0.15) is 68.2 Å². The van der Waals surface area contributed by atoms with Crippen LogP contribution in [0.4, 0.5) is 13.2 Å². The van der Waals surface area contributed by atoms with E-state index in [0.29, 0.717) is 35.6 Å². The Kier molecular flexibility index (Phi) is 4.90. The molecule has 0 saturated heterocycles. The maximum absolute atomic E-state index is 13.0. The van der Waals surface area contributed by atoms with Crippen molar-refractivity contribution >= 4 is 17.4 Å². The second-order valence-corrected chi connectivity index (χ2v) is 10.9. The van der Waals surface area contributed by atoms with Gasteiger partial charge in [-0.2, -0.15) is 5.10 Å². The number of fused-ring (bicyclic) bond motifs is 1. The molecule has 2 bridgehead atoms. The van der Waals surface area contributed by atoms with Gasteiger partial charge in [-0.05, 0) is 61.8 Å². The third-order valence-corrected chi connectivity index (χ3v) is 8.20. The molecule has 5 aliphatic rings. The molecule has 4 fully saturated rings. The number of ether oxygens (including phenoxy) is 2. The third-order valence-electron chi connectivity index (χ3n) is 7.97. The Balaban J connectivity index is 1.03. The highest BCUT2D eigenvalue weighted by Crippen LogP contribution is 2.73. The first kappa shape index (κ1) is 22.4. The molecule has 182 valence electrons. The number of rotatable bonds is 6. The molecule has 0 radical (unpaired) electrons. The van der Waals surface area contributed by atoms with E-state index in [9.17, 15) is 23.1 Å². The SMILES string of the molecule is O=C(CC12CC(n3ccc(C4CC(OC(F)(F)F)C4)n3)(C1)C2)[C@H]1C[C@@H](O)c2cc(Cl)ccc2O1. The fourth-order valence-corrected chi connectivity index (χ4v) is 6.56. The van der Waals surface area contributed by atoms with E-state index in [1.165, 1.54) is 0 Å². The van der Waals surface area contributed by atoms with Crippen molar-refractivity contribution in [3.8, 4) is 5.75 Å². The monoisotopic (exact) mass is 496 g/mol. The van der Waals surface area contributed by atoms with E-state index in [1.54, 1.807) is 18.2 Å². The summed E-state index contributed by atoms with van der Waals surface area (Å²) in [6.45, 7) is 0. The summed E-state index contributed by atoms with van der Waals surface area (Å²) in [6, 6.07) is 6.91. The van der Waals surface area contributed by atoms with Crippen LogP contribution in [0.2, 0.25) is 5.02 Å². The average molecular weight is 497 g/mol. The molecular formula is C24H24ClF3N2O4. The van der Waals surface area contributed by atoms with Crippen molar-refractivity contribution in [2.24, 2.45) is 5.41 Å². The van der Waals surface area contributed by atoms with Crippen LogP contribution in [0.3, 0.4) is 0 Å². The summed E-state index contributed by atoms with van der Waals surface area (Å²) in [5.41, 5.74) is 1.26. The van der Waals surface area contributed by atoms with Gasteiger partial charge in [0.1, 0.15) is 5.75 Å². The van der Waals surface area contributed by atoms with Crippen LogP contribution in [0.15, 0.2) is 30.5 Å². The number of ketones is 1. The van der Waals surface area contributed by atoms with Crippen LogP contribution < -0.4 is 4.74 Å². The highest BCUT2D eigenvalue weighted by Gasteiger charge is 2.70. The molecule has 6 nitrogen and oxygen atoms in total. The zero-order chi connectivity index (χ0) is 23.9. The zero-order valence-electron chi connectivity index (χ0n) is 18.2. The first-order valence-electron chi connectivity index (χ1n) is 11.5. The lowest BCUT2D eigenvalue weighted by atomic mass is 9.38. The number of aliphatic hydroxyl groups excluding tert-OH is 1. The standard InChI is InChI=1S/C24H24ClF3N2O4/c25-14-1-2-20-16(7-14)18(31)8-21(33-20)19(32)9-22-10-23(11-22,12-22)30-4-3-17(29-30)13-5-15(6-13)34-24(26,27)28/h1-4,7,13,15,18,21,31H,5-6,8-12H2/t13?,15?,18-,21-,22?,23?/m1/s1. The highest BCUT2D eigenvalue weighted by atomic mass is 35.5. The van der Waals surface area contributed by atoms with E-state index in [1.807, 2.05) is 16.9 Å². The quantitative estimate of drug-likeness (QED) is 0.606. The third kappa shape index (κ3) is 3.72. The Morgan fingerprint density at radius 2 is 1.97 bits per heavy atom. The normalized spacial score (nSPS) is 35.9. The first-order chi connectivity index (χ1) is 16.0. The largest absolute Gasteiger partial charge is 0.522 e. The minimum atomic E-state index is -4.59. The zero-order valence-corrected chi connectivity index (χ0v) is 19.0. The van der Waals surface area contributed by atoms with E-state index in [4.69, 9.17) is 16.3 Å². The number of hydrogen-bond donors (Lipinski definition) is 1. The summed E-state index contributed by atoms with van der Waals surface area (Å²) in [6.07, 6.45) is -1.12. The number of Topliss-reactive ketones (excluding diaryl/α,β-unsaturated/α-hetero) is 1. The van der Waals surface area contributed by atoms with Gasteiger partial charge in [0.15, 0.2) is 11.9 Å². The van der Waals surface area contributed by atoms with Crippen LogP contribution in [0.5, 0.6) is 5.75 Å². The van der Waals surface area contributed by atoms with E-state index in [0.717, 1.165) is 25.0 Å². The number of hydrogen-bond acceptors (Lipinski definition) is 5. The molecule has 0 spiro atoms. The number of carbonyl (C=O) groups is 1. The Morgan fingerprint density at radius 1 is 1.24 bits per heavy atom. The second-order valence-electron chi connectivity index (χ2n) is 10.5. The lowest BCUT2D eigenvalue weighted by Crippen LogP contribution is -2.68. The van der Waals surface area contributed by atoms with Crippen molar-refractivity contribution in [1.29, 1.82) is 0 Å². The Hall–Kier alpha value is -2.10. The van der Waals surface area contributed by atoms with E-state index in [-0.39, 0.29) is 29.1 Å². The number of nitrogens with zero attached hydrogens (tertiary/aromatic N) is 2. The summed E-state index contributed by atoms with van der Waals surface area (Å²) < 4.78 is 48.9. The van der Waals surface area contributed by atoms with Crippen LogP contribution in [0.25, 0.3) is 0 Å². The predicted molar refractivity (Wildman–Crippen MR) is 114 cm³/mol. The molecule has 0 amide bonds. The van der Waals surface area contributed by atoms with Gasteiger partial charge in [-0.25, -0.2) is 0 Å². The van der Waals surface area contributed by atoms with Gasteiger partial charge in [0.05, 0.1) is 23.4 Å². The number of halogens is 4. The second kappa shape index (κ2) is 7.45. The fourth-order valence-electron chi connectivity index (χ4n) is 6.38. The summed E-state index contributed by atoms with van der Waals surface area (Å²) in [4.78, 5) is 13.0. The van der Waals surface area contributed by atoms with Crippen molar-refractivity contribution < 1.29 is 32.5 Å². The lowest BCUT2D eigenvalue weighted by molar-refractivity contribution is -0.351. The van der Waals surface area contributed by atoms with Gasteiger partial charge in [0.2, 0.25) is 0 Å². The van der Waals surface area contributed by atoms with E-state index < -0.39 is 24.7 Å². The fraction of sp³-hybridized carbons (Fsp3) is 0.583. The predicted octanol–water partition coefficient (Wildman–Crippen LogP) is 5.04. The van der Waals surface area contributed by atoms with E-state index in [2.05, 4.69) is 9.84 Å². The van der Waals surface area contributed by atoms with Gasteiger partial charge in [0, 0.05) is 35.5 Å². The molecule has 7 rings (SSSR count). The van der Waals surface area contributed by atoms with Gasteiger partial charge >= 0.3 is 6.36 Å². The van der Waals surface area contributed by atoms with Gasteiger partial charge in [-0.1, -0.05) is 11.6 Å². The molecule has 34 heavy (non-hydrogen) atoms. The van der Waals surface area contributed by atoms with Crippen molar-refractivity contribution in [1.82, 2.24) is 9.78 Å². The maximum atomic E-state index is 13.0. The number of aliphatic hydroxyl groups is 1. The summed E-state index contributed by atoms with van der Waals surface area (Å²) in [5.74, 6) is 0.488. The molecule has 10 heteroatoms. The number of aromatic nitrogens is 2. The van der Waals surface area contributed by atoms with Crippen LogP contribution in [0, 0.1) is 5.41 Å². The molecular weight excluding hydrogens is 473 g/mol. The van der Waals surface area contributed by atoms with Crippen molar-refractivity contribution in [2.45, 2.75) is 81.1 Å². The molecule has 1 aliphatic heterocycles. The summed E-state index contributed by atoms with van der Waals surface area (Å²) in [7, 11) is 0. The Labute approximate surface area is 199 Å². The number of alkyl halides is 3. The smallest absolute Gasteiger partial charge is 0.482 e.